The quantitative estimate of drug-likeness (QED) is 0.0199. The van der Waals surface area contributed by atoms with E-state index in [2.05, 4.69) is 53.2 Å². The molecule has 0 heterocycles. The highest BCUT2D eigenvalue weighted by Gasteiger charge is 2.34. The first kappa shape index (κ1) is 71.1. The second kappa shape index (κ2) is 36.5. The number of hydrogen-bond acceptors (Lipinski definition) is 19. The van der Waals surface area contributed by atoms with Crippen LogP contribution in [0.3, 0.4) is 0 Å². The highest BCUT2D eigenvalue weighted by Crippen LogP contribution is 2.19. The minimum Gasteiger partial charge on any atom is -0.508 e. The predicted octanol–water partition coefficient (Wildman–Crippen LogP) is -3.42. The maximum Gasteiger partial charge on any atom is 0.243 e. The van der Waals surface area contributed by atoms with Gasteiger partial charge in [0.05, 0.1) is 25.6 Å². The first-order valence-corrected chi connectivity index (χ1v) is 29.8. The fourth-order valence-electron chi connectivity index (χ4n) is 8.05. The zero-order valence-electron chi connectivity index (χ0n) is 47.8. The molecule has 11 amide bonds. The molecule has 85 heavy (non-hydrogen) atoms. The van der Waals surface area contributed by atoms with Gasteiger partial charge in [0.2, 0.25) is 65.0 Å². The number of carbonyl (C=O) groups is 11. The van der Waals surface area contributed by atoms with Crippen molar-refractivity contribution in [2.24, 2.45) is 23.1 Å². The summed E-state index contributed by atoms with van der Waals surface area (Å²) in [6.07, 6.45) is 0.0519. The van der Waals surface area contributed by atoms with Crippen LogP contribution in [0.1, 0.15) is 63.1 Å². The molecular weight excluding hydrogens is 1150 g/mol. The molecule has 3 aromatic rings. The number of phenolic OH excluding ortho intramolecular Hbond substituents is 3. The van der Waals surface area contributed by atoms with Crippen molar-refractivity contribution in [2.75, 3.05) is 38.7 Å². The Morgan fingerprint density at radius 3 is 1.32 bits per heavy atom. The van der Waals surface area contributed by atoms with Gasteiger partial charge in [0.15, 0.2) is 0 Å². The maximum atomic E-state index is 14.3. The van der Waals surface area contributed by atoms with Gasteiger partial charge in [-0.2, -0.15) is 0 Å². The first-order valence-electron chi connectivity index (χ1n) is 27.0. The molecule has 0 aliphatic rings. The van der Waals surface area contributed by atoms with E-state index in [4.69, 9.17) is 17.2 Å². The third-order valence-corrected chi connectivity index (χ3v) is 14.7. The lowest BCUT2D eigenvalue weighted by molar-refractivity contribution is -0.135. The van der Waals surface area contributed by atoms with E-state index in [1.54, 1.807) is 20.1 Å². The van der Waals surface area contributed by atoms with Crippen molar-refractivity contribution in [3.63, 3.8) is 0 Å². The molecule has 28 nitrogen and oxygen atoms in total. The molecule has 0 bridgehead atoms. The van der Waals surface area contributed by atoms with Crippen LogP contribution >= 0.6 is 21.6 Å². The smallest absolute Gasteiger partial charge is 0.243 e. The number of benzene rings is 3. The van der Waals surface area contributed by atoms with E-state index in [9.17, 15) is 73.2 Å². The Hall–Kier alpha value is -8.19. The lowest BCUT2D eigenvalue weighted by Gasteiger charge is -2.27. The molecule has 0 spiro atoms. The molecule has 0 aromatic heterocycles. The molecule has 9 unspecified atom stereocenters. The Labute approximate surface area is 499 Å². The summed E-state index contributed by atoms with van der Waals surface area (Å²) in [6, 6.07) is 6.15. The number of nitrogens with two attached hydrogens (primary N) is 3. The first-order chi connectivity index (χ1) is 40.2. The number of aliphatic hydroxyl groups excluding tert-OH is 1. The van der Waals surface area contributed by atoms with Crippen molar-refractivity contribution in [3.8, 4) is 17.2 Å². The van der Waals surface area contributed by atoms with Gasteiger partial charge in [-0.05, 0) is 98.0 Å². The molecular formula is C55H79N13O15S2. The number of primary amides is 1. The van der Waals surface area contributed by atoms with E-state index in [0.717, 1.165) is 0 Å². The predicted molar refractivity (Wildman–Crippen MR) is 316 cm³/mol. The number of aliphatic hydroxyl groups is 1. The fourth-order valence-corrected chi connectivity index (χ4v) is 9.37. The van der Waals surface area contributed by atoms with Gasteiger partial charge >= 0.3 is 0 Å². The normalized spacial score (nSPS) is 14.2. The monoisotopic (exact) mass is 1230 g/mol. The zero-order valence-corrected chi connectivity index (χ0v) is 49.4. The summed E-state index contributed by atoms with van der Waals surface area (Å²) in [7, 11) is 4.10. The van der Waals surface area contributed by atoms with Gasteiger partial charge in [0, 0.05) is 32.1 Å². The van der Waals surface area contributed by atoms with E-state index >= 15 is 0 Å². The van der Waals surface area contributed by atoms with Gasteiger partial charge in [-0.15, -0.1) is 0 Å². The molecule has 0 aliphatic carbocycles. The van der Waals surface area contributed by atoms with E-state index in [1.165, 1.54) is 108 Å². The van der Waals surface area contributed by atoms with Crippen molar-refractivity contribution in [1.82, 2.24) is 53.2 Å². The van der Waals surface area contributed by atoms with Crippen molar-refractivity contribution in [1.29, 1.82) is 0 Å². The third-order valence-electron chi connectivity index (χ3n) is 12.8. The van der Waals surface area contributed by atoms with Gasteiger partial charge in [0.25, 0.3) is 0 Å². The number of aromatic hydroxyl groups is 3. The lowest BCUT2D eigenvalue weighted by Crippen LogP contribution is -2.59. The number of phenols is 3. The average molecular weight is 1230 g/mol. The van der Waals surface area contributed by atoms with Gasteiger partial charge in [-0.1, -0.05) is 71.8 Å². The minimum atomic E-state index is -1.71. The van der Waals surface area contributed by atoms with Gasteiger partial charge in [-0.25, -0.2) is 0 Å². The summed E-state index contributed by atoms with van der Waals surface area (Å²) in [5.41, 5.74) is 18.3. The Kier molecular flexibility index (Phi) is 30.5. The van der Waals surface area contributed by atoms with Crippen molar-refractivity contribution >= 4 is 86.6 Å². The summed E-state index contributed by atoms with van der Waals surface area (Å²) in [4.78, 5) is 148. The van der Waals surface area contributed by atoms with Gasteiger partial charge in [0.1, 0.15) is 65.6 Å². The van der Waals surface area contributed by atoms with E-state index in [1.807, 2.05) is 0 Å². The Bertz CT molecular complexity index is 2740. The summed E-state index contributed by atoms with van der Waals surface area (Å²) in [6.45, 7) is 3.09. The maximum absolute atomic E-state index is 14.3. The van der Waals surface area contributed by atoms with E-state index < -0.39 is 145 Å². The molecule has 9 atom stereocenters. The summed E-state index contributed by atoms with van der Waals surface area (Å²) < 4.78 is 0. The van der Waals surface area contributed by atoms with Crippen LogP contribution in [-0.4, -0.2) is 179 Å². The molecule has 20 N–H and O–H groups in total. The standard InChI is InChI=1S/C55H79N13O15S2/c1-29(2)47(55(83)66-40(24-33-13-19-36(72)20-14-33)53(81)67-42(28-85-84-5)48(76)59-4)68-45(75)27-61-50(78)41(25-43(57)73)62-44(74)26-60-49(77)38(22-31-9-15-34(70)16-10-31)64-52(80)39(23-32-11-17-35(71)18-12-32)65-51(79)37(8-6-7-21-56)63-54(82)46(58)30(3)69/h9-20,29-30,37-42,46-47,69-72H,6-8,21-28,56,58H2,1-5H3,(H2,57,73)(H,59,76)(H,60,77)(H,61,78)(H,62,74)(H,63,82)(H,64,80)(H,65,79)(H,66,83)(H,67,81)(H,68,75). The molecule has 0 saturated heterocycles. The summed E-state index contributed by atoms with van der Waals surface area (Å²) in [5.74, 6) is -10.4. The third kappa shape index (κ3) is 25.7. The van der Waals surface area contributed by atoms with Crippen LogP contribution in [0.2, 0.25) is 0 Å². The van der Waals surface area contributed by atoms with Crippen molar-refractivity contribution in [3.05, 3.63) is 89.5 Å². The fraction of sp³-hybridized carbons (Fsp3) is 0.473. The summed E-state index contributed by atoms with van der Waals surface area (Å²) >= 11 is 0. The second-order valence-corrected chi connectivity index (χ2v) is 22.7. The van der Waals surface area contributed by atoms with Crippen LogP contribution in [0.15, 0.2) is 72.8 Å². The molecule has 3 rings (SSSR count). The molecule has 0 aliphatic heterocycles. The van der Waals surface area contributed by atoms with E-state index in [0.29, 0.717) is 29.5 Å². The number of rotatable bonds is 36. The highest BCUT2D eigenvalue weighted by molar-refractivity contribution is 8.76. The minimum absolute atomic E-state index is 0.0455. The average Bonchev–Trinajstić information content (AvgIpc) is 3.67. The molecule has 3 aromatic carbocycles. The Morgan fingerprint density at radius 1 is 0.506 bits per heavy atom. The Balaban J connectivity index is 1.79. The SMILES string of the molecule is CNC(=O)C(CSSC)NC(=O)C(Cc1ccc(O)cc1)NC(=O)C(NC(=O)CNC(=O)C(CC(N)=O)NC(=O)CNC(=O)C(Cc1ccc(O)cc1)NC(=O)C(Cc1ccc(O)cc1)NC(=O)C(CCCCN)NC(=O)C(N)C(C)O)C(C)C. The number of amides is 11. The number of carbonyl (C=O) groups excluding carboxylic acids is 11. The molecule has 0 saturated carbocycles. The van der Waals surface area contributed by atoms with E-state index in [-0.39, 0.29) is 55.2 Å². The number of hydrogen-bond donors (Lipinski definition) is 17. The number of nitrogens with one attached hydrogen (secondary N) is 10. The van der Waals surface area contributed by atoms with Crippen LogP contribution in [0.5, 0.6) is 17.2 Å². The Morgan fingerprint density at radius 2 is 0.906 bits per heavy atom. The van der Waals surface area contributed by atoms with Crippen molar-refractivity contribution < 1.29 is 73.2 Å². The lowest BCUT2D eigenvalue weighted by atomic mass is 10.0. The van der Waals surface area contributed by atoms with Crippen LogP contribution in [0.25, 0.3) is 0 Å². The van der Waals surface area contributed by atoms with Crippen LogP contribution in [0, 0.1) is 5.92 Å². The number of unbranched alkanes of at least 4 members (excludes halogenated alkanes) is 1. The molecule has 0 fully saturated rings. The molecule has 466 valence electrons. The van der Waals surface area contributed by atoms with Gasteiger partial charge < -0.3 is 90.8 Å². The zero-order chi connectivity index (χ0) is 63.3. The van der Waals surface area contributed by atoms with Crippen molar-refractivity contribution in [2.45, 2.75) is 120 Å². The molecule has 30 heteroatoms. The largest absolute Gasteiger partial charge is 0.508 e. The summed E-state index contributed by atoms with van der Waals surface area (Å²) in [5, 5.41) is 64.6. The topological polar surface area (TPSA) is 467 Å². The van der Waals surface area contributed by atoms with Crippen LogP contribution in [0.4, 0.5) is 0 Å². The second-order valence-electron chi connectivity index (χ2n) is 20.0. The van der Waals surface area contributed by atoms with Gasteiger partial charge in [-0.3, -0.25) is 52.7 Å². The number of likely N-dealkylation sites (N-methyl/N-ethyl adjacent to an activating group) is 1. The van der Waals surface area contributed by atoms with Crippen LogP contribution in [-0.2, 0) is 72.0 Å². The highest BCUT2D eigenvalue weighted by atomic mass is 33.1. The van der Waals surface area contributed by atoms with Crippen LogP contribution < -0.4 is 70.4 Å². The molecule has 0 radical (unpaired) electrons.